The summed E-state index contributed by atoms with van der Waals surface area (Å²) >= 11 is 0. The van der Waals surface area contributed by atoms with Gasteiger partial charge in [-0.15, -0.1) is 0 Å². The number of unbranched alkanes of at least 4 members (excludes halogenated alkanes) is 1. The van der Waals surface area contributed by atoms with Gasteiger partial charge in [0.2, 0.25) is 0 Å². The van der Waals surface area contributed by atoms with Crippen LogP contribution in [0.15, 0.2) is 47.4 Å². The second-order valence-electron chi connectivity index (χ2n) is 9.31. The molecule has 2 aromatic rings. The number of imide groups is 1. The lowest BCUT2D eigenvalue weighted by molar-refractivity contribution is -0.206. The number of sulfonamides is 1. The number of aliphatic carboxylic acids is 1. The first-order chi connectivity index (χ1) is 17.8. The average Bonchev–Trinajstić information content (AvgIpc) is 3.10. The van der Waals surface area contributed by atoms with Gasteiger partial charge < -0.3 is 9.99 Å². The molecule has 2 aromatic carbocycles. The molecular formula is C26H30N2O8S. The largest absolute Gasteiger partial charge is 0.480 e. The summed E-state index contributed by atoms with van der Waals surface area (Å²) in [4.78, 5) is 47.8. The molecule has 0 unspecified atom stereocenters. The van der Waals surface area contributed by atoms with Crippen molar-refractivity contribution in [3.05, 3.63) is 53.6 Å². The Bertz CT molecular complexity index is 1260. The summed E-state index contributed by atoms with van der Waals surface area (Å²) in [7, 11) is -4.06. The highest BCUT2D eigenvalue weighted by Crippen LogP contribution is 2.35. The van der Waals surface area contributed by atoms with E-state index in [1.165, 1.54) is 56.4 Å². The fourth-order valence-corrected chi connectivity index (χ4v) is 5.80. The Morgan fingerprint density at radius 2 is 1.68 bits per heavy atom. The van der Waals surface area contributed by atoms with Gasteiger partial charge in [-0.2, -0.15) is 4.89 Å². The van der Waals surface area contributed by atoms with Crippen LogP contribution in [0.2, 0.25) is 0 Å². The van der Waals surface area contributed by atoms with Crippen LogP contribution in [-0.2, 0) is 19.7 Å². The number of fused-ring (bicyclic) bond motifs is 1. The number of benzene rings is 2. The lowest BCUT2D eigenvalue weighted by Crippen LogP contribution is -2.34. The SMILES string of the molecule is O=C(O)CN1C(=O)c2cc(NS(=O)(=O)c3ccccc3)c(OOCCCCC3CCCCC3)cc2C1=O. The Hall–Kier alpha value is -3.44. The Morgan fingerprint density at radius 3 is 2.35 bits per heavy atom. The molecule has 1 aliphatic carbocycles. The zero-order valence-corrected chi connectivity index (χ0v) is 21.2. The minimum atomic E-state index is -4.06. The van der Waals surface area contributed by atoms with Crippen molar-refractivity contribution in [3.63, 3.8) is 0 Å². The molecule has 0 radical (unpaired) electrons. The van der Waals surface area contributed by atoms with Crippen LogP contribution in [0.5, 0.6) is 5.75 Å². The first-order valence-corrected chi connectivity index (χ1v) is 13.9. The number of amides is 2. The first kappa shape index (κ1) is 26.6. The molecule has 2 amide bonds. The third-order valence-corrected chi connectivity index (χ3v) is 8.01. The number of carbonyl (C=O) groups is 3. The van der Waals surface area contributed by atoms with Crippen LogP contribution in [0.1, 0.15) is 72.1 Å². The minimum absolute atomic E-state index is 0.0139. The Labute approximate surface area is 215 Å². The van der Waals surface area contributed by atoms with Crippen molar-refractivity contribution >= 4 is 33.5 Å². The van der Waals surface area contributed by atoms with Crippen molar-refractivity contribution in [2.75, 3.05) is 17.9 Å². The number of rotatable bonds is 12. The zero-order valence-electron chi connectivity index (χ0n) is 20.4. The van der Waals surface area contributed by atoms with Crippen LogP contribution >= 0.6 is 0 Å². The van der Waals surface area contributed by atoms with Gasteiger partial charge >= 0.3 is 5.97 Å². The van der Waals surface area contributed by atoms with Gasteiger partial charge in [0.1, 0.15) is 6.54 Å². The van der Waals surface area contributed by atoms with Crippen molar-refractivity contribution in [1.29, 1.82) is 0 Å². The highest BCUT2D eigenvalue weighted by atomic mass is 32.2. The van der Waals surface area contributed by atoms with Crippen molar-refractivity contribution < 1.29 is 37.7 Å². The molecule has 198 valence electrons. The quantitative estimate of drug-likeness (QED) is 0.180. The fraction of sp³-hybridized carbons (Fsp3) is 0.423. The molecule has 37 heavy (non-hydrogen) atoms. The van der Waals surface area contributed by atoms with Gasteiger partial charge in [0, 0.05) is 6.07 Å². The summed E-state index contributed by atoms with van der Waals surface area (Å²) in [6.45, 7) is -0.558. The second-order valence-corrected chi connectivity index (χ2v) is 11.0. The number of anilines is 1. The van der Waals surface area contributed by atoms with E-state index in [1.54, 1.807) is 18.2 Å². The third-order valence-electron chi connectivity index (χ3n) is 6.63. The zero-order chi connectivity index (χ0) is 26.4. The lowest BCUT2D eigenvalue weighted by Gasteiger charge is -2.21. The van der Waals surface area contributed by atoms with E-state index in [2.05, 4.69) is 4.72 Å². The summed E-state index contributed by atoms with van der Waals surface area (Å²) in [5, 5.41) is 9.06. The van der Waals surface area contributed by atoms with Crippen LogP contribution in [0.3, 0.4) is 0 Å². The predicted molar refractivity (Wildman–Crippen MR) is 134 cm³/mol. The predicted octanol–water partition coefficient (Wildman–Crippen LogP) is 4.23. The molecule has 11 heteroatoms. The van der Waals surface area contributed by atoms with E-state index in [1.807, 2.05) is 0 Å². The number of hydrogen-bond acceptors (Lipinski definition) is 7. The molecule has 0 atom stereocenters. The van der Waals surface area contributed by atoms with E-state index in [9.17, 15) is 22.8 Å². The van der Waals surface area contributed by atoms with Crippen molar-refractivity contribution in [2.24, 2.45) is 5.92 Å². The summed E-state index contributed by atoms with van der Waals surface area (Å²) in [5.74, 6) is -2.35. The second kappa shape index (κ2) is 11.7. The van der Waals surface area contributed by atoms with E-state index in [0.29, 0.717) is 4.90 Å². The van der Waals surface area contributed by atoms with E-state index >= 15 is 0 Å². The Kier molecular flexibility index (Phi) is 8.45. The molecule has 0 bridgehead atoms. The Morgan fingerprint density at radius 1 is 1.00 bits per heavy atom. The van der Waals surface area contributed by atoms with Gasteiger partial charge in [-0.25, -0.2) is 8.42 Å². The summed E-state index contributed by atoms with van der Waals surface area (Å²) < 4.78 is 28.2. The topological polar surface area (TPSA) is 139 Å². The maximum absolute atomic E-state index is 12.9. The van der Waals surface area contributed by atoms with Crippen LogP contribution in [0, 0.1) is 5.92 Å². The molecule has 4 rings (SSSR count). The molecule has 2 N–H and O–H groups in total. The minimum Gasteiger partial charge on any atom is -0.480 e. The maximum Gasteiger partial charge on any atom is 0.323 e. The molecule has 10 nitrogen and oxygen atoms in total. The molecule has 1 saturated carbocycles. The fourth-order valence-electron chi connectivity index (χ4n) is 4.72. The van der Waals surface area contributed by atoms with E-state index < -0.39 is 34.4 Å². The van der Waals surface area contributed by atoms with Crippen molar-refractivity contribution in [2.45, 2.75) is 56.3 Å². The smallest absolute Gasteiger partial charge is 0.323 e. The number of carboxylic acids is 1. The first-order valence-electron chi connectivity index (χ1n) is 12.4. The standard InChI is InChI=1S/C26H30N2O8S/c29-24(30)17-28-25(31)20-15-22(27-37(33,34)19-12-5-2-6-13-19)23(16-21(20)26(28)32)36-35-14-8-7-11-18-9-3-1-4-10-18/h2,5-6,12-13,15-16,18,27H,1,3-4,7-11,14,17H2,(H,29,30). The monoisotopic (exact) mass is 530 g/mol. The number of carboxylic acid groups (broad SMARTS) is 1. The molecule has 1 aliphatic heterocycles. The number of carbonyl (C=O) groups excluding carboxylic acids is 2. The number of nitrogens with zero attached hydrogens (tertiary/aromatic N) is 1. The number of hydrogen-bond donors (Lipinski definition) is 2. The van der Waals surface area contributed by atoms with E-state index in [-0.39, 0.29) is 34.1 Å². The van der Waals surface area contributed by atoms with Crippen molar-refractivity contribution in [1.82, 2.24) is 4.90 Å². The van der Waals surface area contributed by atoms with Gasteiger partial charge in [-0.1, -0.05) is 63.1 Å². The highest BCUT2D eigenvalue weighted by Gasteiger charge is 2.38. The van der Waals surface area contributed by atoms with E-state index in [0.717, 1.165) is 25.2 Å². The van der Waals surface area contributed by atoms with Crippen LogP contribution in [0.4, 0.5) is 5.69 Å². The molecule has 1 fully saturated rings. The summed E-state index contributed by atoms with van der Waals surface area (Å²) in [6.07, 6.45) is 9.27. The maximum atomic E-state index is 12.9. The van der Waals surface area contributed by atoms with Crippen LogP contribution < -0.4 is 9.61 Å². The van der Waals surface area contributed by atoms with Gasteiger partial charge in [-0.05, 0) is 30.5 Å². The van der Waals surface area contributed by atoms with Gasteiger partial charge in [0.15, 0.2) is 5.75 Å². The van der Waals surface area contributed by atoms with Gasteiger partial charge in [0.05, 0.1) is 28.3 Å². The molecule has 0 spiro atoms. The van der Waals surface area contributed by atoms with Crippen LogP contribution in [-0.4, -0.2) is 49.4 Å². The Balaban J connectivity index is 1.49. The normalized spacial score (nSPS) is 16.1. The van der Waals surface area contributed by atoms with Gasteiger partial charge in [-0.3, -0.25) is 24.0 Å². The summed E-state index contributed by atoms with van der Waals surface area (Å²) in [5.41, 5.74) is -0.329. The molecule has 0 aromatic heterocycles. The van der Waals surface area contributed by atoms with Crippen molar-refractivity contribution in [3.8, 4) is 5.75 Å². The third kappa shape index (κ3) is 6.47. The van der Waals surface area contributed by atoms with E-state index in [4.69, 9.17) is 14.9 Å². The summed E-state index contributed by atoms with van der Waals surface area (Å²) in [6, 6.07) is 9.98. The molecular weight excluding hydrogens is 500 g/mol. The lowest BCUT2D eigenvalue weighted by atomic mass is 9.86. The molecule has 2 aliphatic rings. The highest BCUT2D eigenvalue weighted by molar-refractivity contribution is 7.92. The average molecular weight is 531 g/mol. The molecule has 0 saturated heterocycles. The number of nitrogens with one attached hydrogen (secondary N) is 1. The van der Waals surface area contributed by atoms with Crippen LogP contribution in [0.25, 0.3) is 0 Å². The molecule has 1 heterocycles. The van der Waals surface area contributed by atoms with Gasteiger partial charge in [0.25, 0.3) is 21.8 Å².